The minimum Gasteiger partial charge on any atom is -0.348 e. The van der Waals surface area contributed by atoms with E-state index in [0.717, 1.165) is 25.1 Å². The molecule has 1 aromatic rings. The van der Waals surface area contributed by atoms with Crippen molar-refractivity contribution < 1.29 is 4.79 Å². The molecular formula is C16H22N2OS. The van der Waals surface area contributed by atoms with Crippen LogP contribution in [0, 0.1) is 0 Å². The molecule has 2 N–H and O–H groups in total. The van der Waals surface area contributed by atoms with E-state index in [2.05, 4.69) is 23.0 Å². The molecule has 1 saturated carbocycles. The molecule has 20 heavy (non-hydrogen) atoms. The number of thioether (sulfide) groups is 1. The third-order valence-corrected chi connectivity index (χ3v) is 5.59. The Hall–Kier alpha value is -1.00. The molecule has 2 aliphatic rings. The maximum absolute atomic E-state index is 12.4. The van der Waals surface area contributed by atoms with Crippen molar-refractivity contribution in [3.05, 3.63) is 34.9 Å². The van der Waals surface area contributed by atoms with Crippen LogP contribution in [0.5, 0.6) is 0 Å². The van der Waals surface area contributed by atoms with Crippen LogP contribution in [0.2, 0.25) is 0 Å². The highest BCUT2D eigenvalue weighted by atomic mass is 32.2. The van der Waals surface area contributed by atoms with Crippen molar-refractivity contribution >= 4 is 17.7 Å². The molecular weight excluding hydrogens is 268 g/mol. The smallest absolute Gasteiger partial charge is 0.251 e. The van der Waals surface area contributed by atoms with Gasteiger partial charge >= 0.3 is 0 Å². The SMILES string of the molecule is CSC1CCCCC1NC(=O)c1ccc2c(c1)CNC2. The predicted octanol–water partition coefficient (Wildman–Crippen LogP) is 2.69. The Morgan fingerprint density at radius 1 is 1.25 bits per heavy atom. The highest BCUT2D eigenvalue weighted by Gasteiger charge is 2.26. The van der Waals surface area contributed by atoms with Gasteiger partial charge in [-0.1, -0.05) is 18.9 Å². The summed E-state index contributed by atoms with van der Waals surface area (Å²) in [6.45, 7) is 1.81. The third-order valence-electron chi connectivity index (χ3n) is 4.42. The highest BCUT2D eigenvalue weighted by molar-refractivity contribution is 7.99. The average Bonchev–Trinajstić information content (AvgIpc) is 2.95. The van der Waals surface area contributed by atoms with Crippen LogP contribution in [0.1, 0.15) is 47.2 Å². The van der Waals surface area contributed by atoms with Crippen molar-refractivity contribution in [2.75, 3.05) is 6.26 Å². The Kier molecular flexibility index (Phi) is 4.32. The normalized spacial score (nSPS) is 25.2. The second-order valence-electron chi connectivity index (χ2n) is 5.73. The number of hydrogen-bond donors (Lipinski definition) is 2. The lowest BCUT2D eigenvalue weighted by atomic mass is 9.94. The first-order chi connectivity index (χ1) is 9.78. The van der Waals surface area contributed by atoms with Crippen LogP contribution in [0.3, 0.4) is 0 Å². The van der Waals surface area contributed by atoms with E-state index >= 15 is 0 Å². The van der Waals surface area contributed by atoms with Crippen LogP contribution >= 0.6 is 11.8 Å². The molecule has 1 aliphatic heterocycles. The van der Waals surface area contributed by atoms with Crippen molar-refractivity contribution in [1.29, 1.82) is 0 Å². The Balaban J connectivity index is 1.69. The molecule has 1 fully saturated rings. The standard InChI is InChI=1S/C16H22N2OS/c1-20-15-5-3-2-4-14(15)18-16(19)11-6-7-12-9-17-10-13(12)8-11/h6-8,14-15,17H,2-5,9-10H2,1H3,(H,18,19). The molecule has 1 aromatic carbocycles. The molecule has 0 radical (unpaired) electrons. The first-order valence-electron chi connectivity index (χ1n) is 7.44. The molecule has 2 atom stereocenters. The molecule has 0 bridgehead atoms. The third kappa shape index (κ3) is 2.86. The van der Waals surface area contributed by atoms with E-state index < -0.39 is 0 Å². The van der Waals surface area contributed by atoms with E-state index in [0.29, 0.717) is 11.3 Å². The van der Waals surface area contributed by atoms with Crippen molar-refractivity contribution in [2.45, 2.75) is 50.1 Å². The molecule has 1 heterocycles. The number of benzene rings is 1. The number of carbonyl (C=O) groups excluding carboxylic acids is 1. The quantitative estimate of drug-likeness (QED) is 0.899. The second kappa shape index (κ2) is 6.19. The second-order valence-corrected chi connectivity index (χ2v) is 6.80. The molecule has 1 aliphatic carbocycles. The Bertz CT molecular complexity index is 503. The number of nitrogens with one attached hydrogen (secondary N) is 2. The van der Waals surface area contributed by atoms with Gasteiger partial charge in [0.15, 0.2) is 0 Å². The summed E-state index contributed by atoms with van der Waals surface area (Å²) < 4.78 is 0. The lowest BCUT2D eigenvalue weighted by molar-refractivity contribution is 0.0929. The Morgan fingerprint density at radius 3 is 2.90 bits per heavy atom. The fourth-order valence-electron chi connectivity index (χ4n) is 3.23. The molecule has 0 aromatic heterocycles. The lowest BCUT2D eigenvalue weighted by Crippen LogP contribution is -2.43. The average molecular weight is 290 g/mol. The molecule has 2 unspecified atom stereocenters. The summed E-state index contributed by atoms with van der Waals surface area (Å²) in [5, 5.41) is 7.14. The molecule has 1 amide bonds. The van der Waals surface area contributed by atoms with Gasteiger partial charge in [-0.2, -0.15) is 11.8 Å². The van der Waals surface area contributed by atoms with Crippen molar-refractivity contribution in [3.8, 4) is 0 Å². The van der Waals surface area contributed by atoms with E-state index in [9.17, 15) is 4.79 Å². The molecule has 0 saturated heterocycles. The van der Waals surface area contributed by atoms with Crippen LogP contribution in [0.25, 0.3) is 0 Å². The number of hydrogen-bond acceptors (Lipinski definition) is 3. The van der Waals surface area contributed by atoms with E-state index in [-0.39, 0.29) is 5.91 Å². The summed E-state index contributed by atoms with van der Waals surface area (Å²) in [5.74, 6) is 0.0886. The molecule has 4 heteroatoms. The number of rotatable bonds is 3. The van der Waals surface area contributed by atoms with E-state index in [1.54, 1.807) is 0 Å². The Labute approximate surface area is 124 Å². The largest absolute Gasteiger partial charge is 0.348 e. The van der Waals surface area contributed by atoms with Gasteiger partial charge in [0, 0.05) is 29.9 Å². The first-order valence-corrected chi connectivity index (χ1v) is 8.73. The number of amides is 1. The van der Waals surface area contributed by atoms with Gasteiger partial charge in [-0.3, -0.25) is 4.79 Å². The van der Waals surface area contributed by atoms with Gasteiger partial charge in [-0.05, 0) is 42.4 Å². The Morgan fingerprint density at radius 2 is 2.05 bits per heavy atom. The monoisotopic (exact) mass is 290 g/mol. The fourth-order valence-corrected chi connectivity index (χ4v) is 4.17. The number of fused-ring (bicyclic) bond motifs is 1. The minimum absolute atomic E-state index is 0.0886. The lowest BCUT2D eigenvalue weighted by Gasteiger charge is -2.31. The van der Waals surface area contributed by atoms with Gasteiger partial charge in [-0.15, -0.1) is 0 Å². The summed E-state index contributed by atoms with van der Waals surface area (Å²) in [6.07, 6.45) is 7.01. The van der Waals surface area contributed by atoms with Crippen molar-refractivity contribution in [2.24, 2.45) is 0 Å². The van der Waals surface area contributed by atoms with Crippen LogP contribution in [-0.2, 0) is 13.1 Å². The van der Waals surface area contributed by atoms with Crippen molar-refractivity contribution in [3.63, 3.8) is 0 Å². The van der Waals surface area contributed by atoms with Gasteiger partial charge in [-0.25, -0.2) is 0 Å². The zero-order valence-electron chi connectivity index (χ0n) is 11.9. The van der Waals surface area contributed by atoms with E-state index in [4.69, 9.17) is 0 Å². The van der Waals surface area contributed by atoms with Crippen LogP contribution in [0.4, 0.5) is 0 Å². The van der Waals surface area contributed by atoms with Crippen LogP contribution in [0.15, 0.2) is 18.2 Å². The fraction of sp³-hybridized carbons (Fsp3) is 0.562. The highest BCUT2D eigenvalue weighted by Crippen LogP contribution is 2.27. The van der Waals surface area contributed by atoms with Gasteiger partial charge in [0.25, 0.3) is 5.91 Å². The van der Waals surface area contributed by atoms with Crippen molar-refractivity contribution in [1.82, 2.24) is 10.6 Å². The zero-order chi connectivity index (χ0) is 13.9. The van der Waals surface area contributed by atoms with Gasteiger partial charge in [0.1, 0.15) is 0 Å². The summed E-state index contributed by atoms with van der Waals surface area (Å²) in [5.41, 5.74) is 3.39. The summed E-state index contributed by atoms with van der Waals surface area (Å²) in [4.78, 5) is 12.4. The van der Waals surface area contributed by atoms with Gasteiger partial charge in [0.05, 0.1) is 0 Å². The van der Waals surface area contributed by atoms with Crippen LogP contribution in [-0.4, -0.2) is 23.5 Å². The molecule has 108 valence electrons. The minimum atomic E-state index is 0.0886. The zero-order valence-corrected chi connectivity index (χ0v) is 12.8. The summed E-state index contributed by atoms with van der Waals surface area (Å²) in [7, 11) is 0. The predicted molar refractivity (Wildman–Crippen MR) is 84.0 cm³/mol. The molecule has 3 nitrogen and oxygen atoms in total. The summed E-state index contributed by atoms with van der Waals surface area (Å²) >= 11 is 1.89. The maximum Gasteiger partial charge on any atom is 0.251 e. The number of carbonyl (C=O) groups is 1. The maximum atomic E-state index is 12.4. The van der Waals surface area contributed by atoms with Crippen LogP contribution < -0.4 is 10.6 Å². The van der Waals surface area contributed by atoms with E-state index in [1.807, 2.05) is 23.9 Å². The first kappa shape index (κ1) is 14.0. The molecule has 0 spiro atoms. The molecule has 3 rings (SSSR count). The topological polar surface area (TPSA) is 41.1 Å². The summed E-state index contributed by atoms with van der Waals surface area (Å²) in [6, 6.07) is 6.41. The van der Waals surface area contributed by atoms with E-state index in [1.165, 1.54) is 30.4 Å². The van der Waals surface area contributed by atoms with Gasteiger partial charge in [0.2, 0.25) is 0 Å². The van der Waals surface area contributed by atoms with Gasteiger partial charge < -0.3 is 10.6 Å².